The molecule has 1 aromatic heterocycles. The van der Waals surface area contributed by atoms with Gasteiger partial charge in [0, 0.05) is 30.4 Å². The molecule has 0 aliphatic carbocycles. The zero-order valence-corrected chi connectivity index (χ0v) is 17.2. The van der Waals surface area contributed by atoms with Crippen molar-refractivity contribution in [2.75, 3.05) is 25.0 Å². The Hall–Kier alpha value is -2.32. The third kappa shape index (κ3) is 5.36. The van der Waals surface area contributed by atoms with Gasteiger partial charge in [0.25, 0.3) is 11.8 Å². The van der Waals surface area contributed by atoms with Crippen LogP contribution in [0.2, 0.25) is 0 Å². The van der Waals surface area contributed by atoms with Gasteiger partial charge < -0.3 is 10.6 Å². The molecule has 0 unspecified atom stereocenters. The molecule has 28 heavy (non-hydrogen) atoms. The van der Waals surface area contributed by atoms with Gasteiger partial charge >= 0.3 is 0 Å². The van der Waals surface area contributed by atoms with E-state index in [2.05, 4.69) is 32.7 Å². The Bertz CT molecular complexity index is 805. The molecule has 150 valence electrons. The third-order valence-corrected chi connectivity index (χ3v) is 6.06. The number of nitrogens with zero attached hydrogens (tertiary/aromatic N) is 3. The van der Waals surface area contributed by atoms with Gasteiger partial charge in [0.2, 0.25) is 5.01 Å². The number of nitrogens with one attached hydrogen (secondary N) is 2. The van der Waals surface area contributed by atoms with E-state index in [1.165, 1.54) is 30.6 Å². The highest BCUT2D eigenvalue weighted by atomic mass is 32.1. The molecular weight excluding hydrogens is 374 g/mol. The van der Waals surface area contributed by atoms with E-state index in [1.807, 2.05) is 6.92 Å². The van der Waals surface area contributed by atoms with Crippen molar-refractivity contribution in [3.05, 3.63) is 39.8 Å². The SMILES string of the molecule is CCc1nnc(C(=O)Nc2ccc(C(=O)NCCN3CCCC[C@@H]3C)cc2)s1. The summed E-state index contributed by atoms with van der Waals surface area (Å²) >= 11 is 1.29. The number of hydrogen-bond donors (Lipinski definition) is 2. The quantitative estimate of drug-likeness (QED) is 0.745. The monoisotopic (exact) mass is 401 g/mol. The van der Waals surface area contributed by atoms with E-state index in [0.717, 1.165) is 24.5 Å². The number of aromatic nitrogens is 2. The number of benzene rings is 1. The van der Waals surface area contributed by atoms with Gasteiger partial charge in [-0.05, 0) is 57.0 Å². The molecule has 2 heterocycles. The summed E-state index contributed by atoms with van der Waals surface area (Å²) in [6.45, 7) is 6.85. The number of anilines is 1. The summed E-state index contributed by atoms with van der Waals surface area (Å²) in [5.74, 6) is -0.385. The number of carbonyl (C=O) groups excluding carboxylic acids is 2. The maximum atomic E-state index is 12.3. The summed E-state index contributed by atoms with van der Waals surface area (Å²) in [4.78, 5) is 26.9. The maximum absolute atomic E-state index is 12.3. The summed E-state index contributed by atoms with van der Waals surface area (Å²) in [5, 5.41) is 14.8. The normalized spacial score (nSPS) is 17.3. The molecular formula is C20H27N5O2S. The first kappa shape index (κ1) is 20.4. The maximum Gasteiger partial charge on any atom is 0.286 e. The minimum atomic E-state index is -0.287. The summed E-state index contributed by atoms with van der Waals surface area (Å²) in [6.07, 6.45) is 4.53. The van der Waals surface area contributed by atoms with Gasteiger partial charge in [0.05, 0.1) is 0 Å². The van der Waals surface area contributed by atoms with Gasteiger partial charge in [0.15, 0.2) is 0 Å². The molecule has 1 aliphatic rings. The molecule has 1 fully saturated rings. The van der Waals surface area contributed by atoms with Crippen LogP contribution in [0.1, 0.15) is 58.3 Å². The lowest BCUT2D eigenvalue weighted by Crippen LogP contribution is -2.42. The Balaban J connectivity index is 1.47. The fourth-order valence-corrected chi connectivity index (χ4v) is 3.96. The van der Waals surface area contributed by atoms with Crippen molar-refractivity contribution in [2.24, 2.45) is 0 Å². The lowest BCUT2D eigenvalue weighted by Gasteiger charge is -2.33. The second-order valence-corrected chi connectivity index (χ2v) is 8.08. The first-order chi connectivity index (χ1) is 13.6. The Labute approximate surface area is 169 Å². The predicted octanol–water partition coefficient (Wildman–Crippen LogP) is 2.96. The molecule has 2 amide bonds. The van der Waals surface area contributed by atoms with Crippen LogP contribution in [0.4, 0.5) is 5.69 Å². The number of aryl methyl sites for hydroxylation is 1. The molecule has 3 rings (SSSR count). The van der Waals surface area contributed by atoms with E-state index < -0.39 is 0 Å². The van der Waals surface area contributed by atoms with Crippen molar-refractivity contribution in [1.29, 1.82) is 0 Å². The number of hydrogen-bond acceptors (Lipinski definition) is 6. The Morgan fingerprint density at radius 3 is 2.64 bits per heavy atom. The molecule has 1 aromatic carbocycles. The number of carbonyl (C=O) groups is 2. The summed E-state index contributed by atoms with van der Waals surface area (Å²) in [6, 6.07) is 7.47. The largest absolute Gasteiger partial charge is 0.351 e. The highest BCUT2D eigenvalue weighted by Gasteiger charge is 2.18. The van der Waals surface area contributed by atoms with Crippen LogP contribution in [0.15, 0.2) is 24.3 Å². The molecule has 1 aliphatic heterocycles. The fourth-order valence-electron chi connectivity index (χ4n) is 3.28. The average molecular weight is 402 g/mol. The Morgan fingerprint density at radius 1 is 1.18 bits per heavy atom. The van der Waals surface area contributed by atoms with Crippen LogP contribution >= 0.6 is 11.3 Å². The highest BCUT2D eigenvalue weighted by molar-refractivity contribution is 7.13. The number of rotatable bonds is 7. The molecule has 7 nitrogen and oxygen atoms in total. The van der Waals surface area contributed by atoms with Crippen LogP contribution in [0.5, 0.6) is 0 Å². The molecule has 0 radical (unpaired) electrons. The predicted molar refractivity (Wildman–Crippen MR) is 111 cm³/mol. The van der Waals surface area contributed by atoms with E-state index in [1.54, 1.807) is 24.3 Å². The smallest absolute Gasteiger partial charge is 0.286 e. The molecule has 1 atom stereocenters. The van der Waals surface area contributed by atoms with Crippen LogP contribution in [0, 0.1) is 0 Å². The molecule has 0 saturated carbocycles. The van der Waals surface area contributed by atoms with Gasteiger partial charge in [-0.25, -0.2) is 0 Å². The van der Waals surface area contributed by atoms with Crippen molar-refractivity contribution < 1.29 is 9.59 Å². The van der Waals surface area contributed by atoms with Gasteiger partial charge in [-0.1, -0.05) is 24.7 Å². The van der Waals surface area contributed by atoms with Crippen molar-refractivity contribution in [3.8, 4) is 0 Å². The van der Waals surface area contributed by atoms with Crippen LogP contribution < -0.4 is 10.6 Å². The van der Waals surface area contributed by atoms with E-state index in [0.29, 0.717) is 28.8 Å². The van der Waals surface area contributed by atoms with Gasteiger partial charge in [-0.2, -0.15) is 0 Å². The van der Waals surface area contributed by atoms with E-state index in [4.69, 9.17) is 0 Å². The topological polar surface area (TPSA) is 87.2 Å². The molecule has 2 N–H and O–H groups in total. The third-order valence-electron chi connectivity index (χ3n) is 4.99. The fraction of sp³-hybridized carbons (Fsp3) is 0.500. The second-order valence-electron chi connectivity index (χ2n) is 7.02. The van der Waals surface area contributed by atoms with E-state index in [-0.39, 0.29) is 11.8 Å². The van der Waals surface area contributed by atoms with Crippen molar-refractivity contribution in [3.63, 3.8) is 0 Å². The second kappa shape index (κ2) is 9.75. The summed E-state index contributed by atoms with van der Waals surface area (Å²) in [7, 11) is 0. The van der Waals surface area contributed by atoms with Crippen molar-refractivity contribution in [1.82, 2.24) is 20.4 Å². The Kier molecular flexibility index (Phi) is 7.11. The number of likely N-dealkylation sites (tertiary alicyclic amines) is 1. The number of piperidine rings is 1. The Morgan fingerprint density at radius 2 is 1.96 bits per heavy atom. The first-order valence-corrected chi connectivity index (χ1v) is 10.6. The first-order valence-electron chi connectivity index (χ1n) is 9.83. The van der Waals surface area contributed by atoms with Gasteiger partial charge in [-0.3, -0.25) is 14.5 Å². The number of amides is 2. The molecule has 8 heteroatoms. The van der Waals surface area contributed by atoms with Crippen LogP contribution in [0.3, 0.4) is 0 Å². The minimum absolute atomic E-state index is 0.0979. The summed E-state index contributed by atoms with van der Waals surface area (Å²) in [5.41, 5.74) is 1.20. The standard InChI is InChI=1S/C20H27N5O2S/c1-3-17-23-24-20(28-17)19(27)22-16-9-7-15(8-10-16)18(26)21-11-13-25-12-5-4-6-14(25)2/h7-10,14H,3-6,11-13H2,1-2H3,(H,21,26)(H,22,27)/t14-/m0/s1. The highest BCUT2D eigenvalue weighted by Crippen LogP contribution is 2.16. The average Bonchev–Trinajstić information content (AvgIpc) is 3.19. The van der Waals surface area contributed by atoms with E-state index in [9.17, 15) is 9.59 Å². The van der Waals surface area contributed by atoms with Gasteiger partial charge in [-0.15, -0.1) is 10.2 Å². The lowest BCUT2D eigenvalue weighted by molar-refractivity contribution is 0.0938. The molecule has 0 bridgehead atoms. The van der Waals surface area contributed by atoms with Crippen molar-refractivity contribution in [2.45, 2.75) is 45.6 Å². The van der Waals surface area contributed by atoms with Crippen LogP contribution in [0.25, 0.3) is 0 Å². The van der Waals surface area contributed by atoms with Crippen molar-refractivity contribution >= 4 is 28.8 Å². The molecule has 1 saturated heterocycles. The zero-order chi connectivity index (χ0) is 19.9. The van der Waals surface area contributed by atoms with Gasteiger partial charge in [0.1, 0.15) is 5.01 Å². The van der Waals surface area contributed by atoms with Crippen LogP contribution in [-0.4, -0.2) is 52.6 Å². The van der Waals surface area contributed by atoms with E-state index >= 15 is 0 Å². The van der Waals surface area contributed by atoms with Crippen LogP contribution in [-0.2, 0) is 6.42 Å². The summed E-state index contributed by atoms with van der Waals surface area (Å²) < 4.78 is 0. The minimum Gasteiger partial charge on any atom is -0.351 e. The molecule has 0 spiro atoms. The molecule has 2 aromatic rings. The zero-order valence-electron chi connectivity index (χ0n) is 16.4. The lowest BCUT2D eigenvalue weighted by atomic mass is 10.0.